The molecule has 0 aliphatic carbocycles. The van der Waals surface area contributed by atoms with Crippen molar-refractivity contribution >= 4 is 6.09 Å². The van der Waals surface area contributed by atoms with Crippen molar-refractivity contribution in [3.8, 4) is 0 Å². The molecular weight excluding hydrogens is 218 g/mol. The van der Waals surface area contributed by atoms with Crippen LogP contribution in [0.25, 0.3) is 0 Å². The molecule has 0 spiro atoms. The van der Waals surface area contributed by atoms with E-state index in [1.165, 1.54) is 0 Å². The van der Waals surface area contributed by atoms with Crippen LogP contribution in [0.4, 0.5) is 4.79 Å². The van der Waals surface area contributed by atoms with Crippen molar-refractivity contribution in [3.63, 3.8) is 0 Å². The van der Waals surface area contributed by atoms with Gasteiger partial charge >= 0.3 is 6.09 Å². The van der Waals surface area contributed by atoms with Gasteiger partial charge in [0.05, 0.1) is 25.3 Å². The molecule has 0 bridgehead atoms. The zero-order valence-corrected chi connectivity index (χ0v) is 11.7. The van der Waals surface area contributed by atoms with Crippen LogP contribution >= 0.6 is 0 Å². The van der Waals surface area contributed by atoms with Crippen molar-refractivity contribution in [1.82, 2.24) is 4.90 Å². The molecule has 0 saturated carbocycles. The summed E-state index contributed by atoms with van der Waals surface area (Å²) in [4.78, 5) is 13.8. The van der Waals surface area contributed by atoms with Crippen molar-refractivity contribution in [2.24, 2.45) is 0 Å². The molecule has 4 heteroatoms. The van der Waals surface area contributed by atoms with Crippen molar-refractivity contribution in [3.05, 3.63) is 0 Å². The van der Waals surface area contributed by atoms with Crippen molar-refractivity contribution in [2.75, 3.05) is 13.1 Å². The Morgan fingerprint density at radius 2 is 1.71 bits per heavy atom. The molecule has 1 aliphatic heterocycles. The van der Waals surface area contributed by atoms with Crippen molar-refractivity contribution in [2.45, 2.75) is 65.3 Å². The Bertz CT molecular complexity index is 248. The maximum absolute atomic E-state index is 12.0. The number of hydrogen-bond acceptors (Lipinski definition) is 3. The fraction of sp³-hybridized carbons (Fsp3) is 0.923. The molecule has 1 fully saturated rings. The second-order valence-electron chi connectivity index (χ2n) is 5.58. The monoisotopic (exact) mass is 243 g/mol. The number of carbonyl (C=O) groups is 1. The lowest BCUT2D eigenvalue weighted by atomic mass is 10.1. The lowest BCUT2D eigenvalue weighted by Crippen LogP contribution is -2.51. The lowest BCUT2D eigenvalue weighted by molar-refractivity contribution is -0.0885. The first-order valence-corrected chi connectivity index (χ1v) is 6.49. The van der Waals surface area contributed by atoms with E-state index in [4.69, 9.17) is 9.47 Å². The van der Waals surface area contributed by atoms with Crippen LogP contribution in [0, 0.1) is 0 Å². The quantitative estimate of drug-likeness (QED) is 0.748. The number of rotatable bonds is 2. The van der Waals surface area contributed by atoms with Crippen molar-refractivity contribution < 1.29 is 14.3 Å². The number of morpholine rings is 1. The van der Waals surface area contributed by atoms with Crippen LogP contribution in [0.5, 0.6) is 0 Å². The first-order chi connectivity index (χ1) is 7.85. The first kappa shape index (κ1) is 14.3. The van der Waals surface area contributed by atoms with E-state index >= 15 is 0 Å². The summed E-state index contributed by atoms with van der Waals surface area (Å²) < 4.78 is 11.2. The molecule has 0 N–H and O–H groups in total. The number of hydrogen-bond donors (Lipinski definition) is 0. The molecule has 0 aromatic rings. The summed E-state index contributed by atoms with van der Waals surface area (Å²) in [7, 11) is 0. The normalized spacial score (nSPS) is 25.8. The average molecular weight is 243 g/mol. The maximum Gasteiger partial charge on any atom is 0.410 e. The average Bonchev–Trinajstić information content (AvgIpc) is 2.26. The summed E-state index contributed by atoms with van der Waals surface area (Å²) in [5.41, 5.74) is -0.432. The second kappa shape index (κ2) is 5.71. The number of carbonyl (C=O) groups excluding carboxylic acids is 1. The predicted molar refractivity (Wildman–Crippen MR) is 67.1 cm³/mol. The molecular formula is C13H25NO3. The SMILES string of the molecule is CCC1CN(C(=O)OC(C)(C)C)CC(CC)O1. The smallest absolute Gasteiger partial charge is 0.410 e. The van der Waals surface area contributed by atoms with Crippen LogP contribution in [0.3, 0.4) is 0 Å². The summed E-state index contributed by atoms with van der Waals surface area (Å²) >= 11 is 0. The number of nitrogens with zero attached hydrogens (tertiary/aromatic N) is 1. The van der Waals surface area contributed by atoms with Gasteiger partial charge in [-0.2, -0.15) is 0 Å². The molecule has 100 valence electrons. The Balaban J connectivity index is 2.59. The van der Waals surface area contributed by atoms with E-state index in [-0.39, 0.29) is 18.3 Å². The third-order valence-electron chi connectivity index (χ3n) is 2.80. The van der Waals surface area contributed by atoms with Gasteiger partial charge in [0.15, 0.2) is 0 Å². The third-order valence-corrected chi connectivity index (χ3v) is 2.80. The Hall–Kier alpha value is -0.770. The highest BCUT2D eigenvalue weighted by Gasteiger charge is 2.31. The summed E-state index contributed by atoms with van der Waals surface area (Å²) in [5.74, 6) is 0. The Kier molecular flexibility index (Phi) is 4.80. The minimum Gasteiger partial charge on any atom is -0.444 e. The van der Waals surface area contributed by atoms with Gasteiger partial charge in [0.2, 0.25) is 0 Å². The highest BCUT2D eigenvalue weighted by molar-refractivity contribution is 5.68. The minimum atomic E-state index is -0.432. The van der Waals surface area contributed by atoms with Crippen LogP contribution in [0.2, 0.25) is 0 Å². The van der Waals surface area contributed by atoms with E-state index in [9.17, 15) is 4.79 Å². The van der Waals surface area contributed by atoms with Crippen molar-refractivity contribution in [1.29, 1.82) is 0 Å². The molecule has 1 amide bonds. The van der Waals surface area contributed by atoms with E-state index in [2.05, 4.69) is 13.8 Å². The Labute approximate surface area is 104 Å². The van der Waals surface area contributed by atoms with E-state index in [1.807, 2.05) is 20.8 Å². The maximum atomic E-state index is 12.0. The molecule has 2 atom stereocenters. The van der Waals surface area contributed by atoms with Gasteiger partial charge in [-0.1, -0.05) is 13.8 Å². The summed E-state index contributed by atoms with van der Waals surface area (Å²) in [6.45, 7) is 11.1. The van der Waals surface area contributed by atoms with Gasteiger partial charge in [-0.15, -0.1) is 0 Å². The van der Waals surface area contributed by atoms with Crippen LogP contribution in [0.1, 0.15) is 47.5 Å². The highest BCUT2D eigenvalue weighted by atomic mass is 16.6. The first-order valence-electron chi connectivity index (χ1n) is 6.49. The van der Waals surface area contributed by atoms with Gasteiger partial charge in [-0.3, -0.25) is 0 Å². The van der Waals surface area contributed by atoms with Gasteiger partial charge in [-0.05, 0) is 33.6 Å². The summed E-state index contributed by atoms with van der Waals surface area (Å²) in [6.07, 6.45) is 1.91. The standard InChI is InChI=1S/C13H25NO3/c1-6-10-8-14(9-11(7-2)16-10)12(15)17-13(3,4)5/h10-11H,6-9H2,1-5H3. The molecule has 0 radical (unpaired) electrons. The molecule has 1 saturated heterocycles. The summed E-state index contributed by atoms with van der Waals surface area (Å²) in [6, 6.07) is 0. The fourth-order valence-corrected chi connectivity index (χ4v) is 1.85. The third kappa shape index (κ3) is 4.54. The van der Waals surface area contributed by atoms with E-state index in [1.54, 1.807) is 4.90 Å². The van der Waals surface area contributed by atoms with Crippen LogP contribution in [-0.2, 0) is 9.47 Å². The zero-order chi connectivity index (χ0) is 13.1. The van der Waals surface area contributed by atoms with E-state index < -0.39 is 5.60 Å². The lowest BCUT2D eigenvalue weighted by Gasteiger charge is -2.38. The van der Waals surface area contributed by atoms with Crippen LogP contribution < -0.4 is 0 Å². The zero-order valence-electron chi connectivity index (χ0n) is 11.7. The molecule has 1 rings (SSSR count). The topological polar surface area (TPSA) is 38.8 Å². The molecule has 1 heterocycles. The van der Waals surface area contributed by atoms with Gasteiger partial charge in [0, 0.05) is 0 Å². The predicted octanol–water partition coefficient (Wildman–Crippen LogP) is 2.81. The summed E-state index contributed by atoms with van der Waals surface area (Å²) in [5, 5.41) is 0. The van der Waals surface area contributed by atoms with E-state index in [0.717, 1.165) is 12.8 Å². The number of ether oxygens (including phenoxy) is 2. The molecule has 0 aromatic carbocycles. The van der Waals surface area contributed by atoms with Gasteiger partial charge in [0.25, 0.3) is 0 Å². The van der Waals surface area contributed by atoms with E-state index in [0.29, 0.717) is 13.1 Å². The molecule has 0 aromatic heterocycles. The second-order valence-corrected chi connectivity index (χ2v) is 5.58. The molecule has 2 unspecified atom stereocenters. The van der Waals surface area contributed by atoms with Gasteiger partial charge < -0.3 is 14.4 Å². The molecule has 1 aliphatic rings. The Morgan fingerprint density at radius 3 is 2.06 bits per heavy atom. The number of amides is 1. The highest BCUT2D eigenvalue weighted by Crippen LogP contribution is 2.18. The van der Waals surface area contributed by atoms with Gasteiger partial charge in [0.1, 0.15) is 5.60 Å². The van der Waals surface area contributed by atoms with Gasteiger partial charge in [-0.25, -0.2) is 4.79 Å². The minimum absolute atomic E-state index is 0.140. The molecule has 4 nitrogen and oxygen atoms in total. The Morgan fingerprint density at radius 1 is 1.24 bits per heavy atom. The van der Waals surface area contributed by atoms with Crippen LogP contribution in [-0.4, -0.2) is 41.9 Å². The molecule has 17 heavy (non-hydrogen) atoms. The largest absolute Gasteiger partial charge is 0.444 e. The van der Waals surface area contributed by atoms with Crippen LogP contribution in [0.15, 0.2) is 0 Å². The fourth-order valence-electron chi connectivity index (χ4n) is 1.85.